The maximum Gasteiger partial charge on any atom is 0.100 e. The summed E-state index contributed by atoms with van der Waals surface area (Å²) in [6.07, 6.45) is 2.83. The van der Waals surface area contributed by atoms with Crippen LogP contribution in [0.4, 0.5) is 0 Å². The summed E-state index contributed by atoms with van der Waals surface area (Å²) < 4.78 is 5.59. The Hall–Kier alpha value is -0.120. The standard InChI is InChI=1S/C12H24O3/c1-9-6-11(4-5-12(9,2)3)15-8-10(14)7-13/h9-11,13-14H,4-8H2,1-3H3/t9-,10?,11?/m0/s1. The molecule has 1 fully saturated rings. The molecule has 2 unspecified atom stereocenters. The third-order valence-corrected chi connectivity index (χ3v) is 3.80. The zero-order chi connectivity index (χ0) is 11.5. The Labute approximate surface area is 92.4 Å². The van der Waals surface area contributed by atoms with Gasteiger partial charge in [-0.05, 0) is 30.6 Å². The van der Waals surface area contributed by atoms with E-state index in [0.717, 1.165) is 12.8 Å². The van der Waals surface area contributed by atoms with Gasteiger partial charge in [-0.1, -0.05) is 20.8 Å². The van der Waals surface area contributed by atoms with Crippen LogP contribution in [0.15, 0.2) is 0 Å². The lowest BCUT2D eigenvalue weighted by Crippen LogP contribution is -2.35. The molecule has 0 aromatic carbocycles. The first-order valence-electron chi connectivity index (χ1n) is 5.86. The number of hydrogen-bond acceptors (Lipinski definition) is 3. The van der Waals surface area contributed by atoms with Crippen LogP contribution in [0.3, 0.4) is 0 Å². The predicted octanol–water partition coefficient (Wildman–Crippen LogP) is 1.57. The Balaban J connectivity index is 2.29. The van der Waals surface area contributed by atoms with Crippen LogP contribution in [0.1, 0.15) is 40.0 Å². The molecular formula is C12H24O3. The number of ether oxygens (including phenoxy) is 1. The predicted molar refractivity (Wildman–Crippen MR) is 59.6 cm³/mol. The zero-order valence-electron chi connectivity index (χ0n) is 10.1. The van der Waals surface area contributed by atoms with Crippen LogP contribution >= 0.6 is 0 Å². The molecule has 3 nitrogen and oxygen atoms in total. The van der Waals surface area contributed by atoms with Gasteiger partial charge in [0.2, 0.25) is 0 Å². The normalized spacial score (nSPS) is 32.6. The molecule has 2 N–H and O–H groups in total. The second-order valence-corrected chi connectivity index (χ2v) is 5.46. The smallest absolute Gasteiger partial charge is 0.100 e. The van der Waals surface area contributed by atoms with Gasteiger partial charge in [0.25, 0.3) is 0 Å². The first kappa shape index (κ1) is 12.9. The van der Waals surface area contributed by atoms with Crippen molar-refractivity contribution in [2.45, 2.75) is 52.2 Å². The minimum atomic E-state index is -0.727. The molecular weight excluding hydrogens is 192 g/mol. The Morgan fingerprint density at radius 2 is 2.13 bits per heavy atom. The van der Waals surface area contributed by atoms with Gasteiger partial charge in [0, 0.05) is 0 Å². The molecule has 90 valence electrons. The molecule has 0 spiro atoms. The van der Waals surface area contributed by atoms with Gasteiger partial charge in [-0.2, -0.15) is 0 Å². The van der Waals surface area contributed by atoms with Crippen LogP contribution in [-0.4, -0.2) is 35.6 Å². The molecule has 3 heteroatoms. The van der Waals surface area contributed by atoms with E-state index in [9.17, 15) is 5.11 Å². The maximum atomic E-state index is 9.18. The van der Waals surface area contributed by atoms with E-state index < -0.39 is 6.10 Å². The number of rotatable bonds is 4. The van der Waals surface area contributed by atoms with Crippen LogP contribution < -0.4 is 0 Å². The highest BCUT2D eigenvalue weighted by Crippen LogP contribution is 2.41. The molecule has 0 amide bonds. The van der Waals surface area contributed by atoms with Gasteiger partial charge >= 0.3 is 0 Å². The first-order chi connectivity index (χ1) is 6.95. The van der Waals surface area contributed by atoms with Crippen molar-refractivity contribution in [3.05, 3.63) is 0 Å². The van der Waals surface area contributed by atoms with Crippen LogP contribution in [0.25, 0.3) is 0 Å². The SMILES string of the molecule is C[C@H]1CC(OCC(O)CO)CCC1(C)C. The lowest BCUT2D eigenvalue weighted by Gasteiger charge is -2.40. The molecule has 15 heavy (non-hydrogen) atoms. The van der Waals surface area contributed by atoms with Gasteiger partial charge in [-0.15, -0.1) is 0 Å². The Morgan fingerprint density at radius 3 is 2.67 bits per heavy atom. The maximum absolute atomic E-state index is 9.18. The van der Waals surface area contributed by atoms with Crippen LogP contribution in [0, 0.1) is 11.3 Å². The molecule has 0 aromatic rings. The highest BCUT2D eigenvalue weighted by atomic mass is 16.5. The van der Waals surface area contributed by atoms with Crippen molar-refractivity contribution in [1.82, 2.24) is 0 Å². The Morgan fingerprint density at radius 1 is 1.47 bits per heavy atom. The summed E-state index contributed by atoms with van der Waals surface area (Å²) >= 11 is 0. The molecule has 1 aliphatic carbocycles. The molecule has 1 saturated carbocycles. The van der Waals surface area contributed by atoms with Gasteiger partial charge in [0.15, 0.2) is 0 Å². The van der Waals surface area contributed by atoms with E-state index in [2.05, 4.69) is 20.8 Å². The third kappa shape index (κ3) is 3.74. The van der Waals surface area contributed by atoms with E-state index in [0.29, 0.717) is 11.3 Å². The van der Waals surface area contributed by atoms with Gasteiger partial charge in [-0.25, -0.2) is 0 Å². The van der Waals surface area contributed by atoms with Gasteiger partial charge in [0.05, 0.1) is 19.3 Å². The van der Waals surface area contributed by atoms with Crippen molar-refractivity contribution in [1.29, 1.82) is 0 Å². The largest absolute Gasteiger partial charge is 0.394 e. The van der Waals surface area contributed by atoms with E-state index in [-0.39, 0.29) is 19.3 Å². The molecule has 0 heterocycles. The van der Waals surface area contributed by atoms with E-state index in [1.54, 1.807) is 0 Å². The third-order valence-electron chi connectivity index (χ3n) is 3.80. The average molecular weight is 216 g/mol. The molecule has 0 saturated heterocycles. The highest BCUT2D eigenvalue weighted by molar-refractivity contribution is 4.84. The van der Waals surface area contributed by atoms with E-state index >= 15 is 0 Å². The summed E-state index contributed by atoms with van der Waals surface area (Å²) in [6, 6.07) is 0. The summed E-state index contributed by atoms with van der Waals surface area (Å²) in [4.78, 5) is 0. The molecule has 0 bridgehead atoms. The second-order valence-electron chi connectivity index (χ2n) is 5.46. The Kier molecular flexibility index (Phi) is 4.56. The summed E-state index contributed by atoms with van der Waals surface area (Å²) in [5.74, 6) is 0.655. The fourth-order valence-corrected chi connectivity index (χ4v) is 2.06. The lowest BCUT2D eigenvalue weighted by atomic mass is 9.69. The van der Waals surface area contributed by atoms with Crippen LogP contribution in [-0.2, 0) is 4.74 Å². The zero-order valence-corrected chi connectivity index (χ0v) is 10.1. The van der Waals surface area contributed by atoms with E-state index in [4.69, 9.17) is 9.84 Å². The fraction of sp³-hybridized carbons (Fsp3) is 1.00. The number of hydrogen-bond donors (Lipinski definition) is 2. The molecule has 1 aliphatic rings. The van der Waals surface area contributed by atoms with Crippen LogP contribution in [0.5, 0.6) is 0 Å². The first-order valence-corrected chi connectivity index (χ1v) is 5.86. The van der Waals surface area contributed by atoms with Gasteiger partial charge in [-0.3, -0.25) is 0 Å². The summed E-state index contributed by atoms with van der Waals surface area (Å²) in [5.41, 5.74) is 0.412. The van der Waals surface area contributed by atoms with Crippen LogP contribution in [0.2, 0.25) is 0 Å². The van der Waals surface area contributed by atoms with Crippen molar-refractivity contribution >= 4 is 0 Å². The second kappa shape index (κ2) is 5.28. The highest BCUT2D eigenvalue weighted by Gasteiger charge is 2.33. The summed E-state index contributed by atoms with van der Waals surface area (Å²) in [7, 11) is 0. The average Bonchev–Trinajstić information content (AvgIpc) is 2.19. The van der Waals surface area contributed by atoms with E-state index in [1.807, 2.05) is 0 Å². The number of aliphatic hydroxyl groups is 2. The van der Waals surface area contributed by atoms with Crippen molar-refractivity contribution in [3.63, 3.8) is 0 Å². The van der Waals surface area contributed by atoms with E-state index in [1.165, 1.54) is 6.42 Å². The topological polar surface area (TPSA) is 49.7 Å². The minimum absolute atomic E-state index is 0.215. The van der Waals surface area contributed by atoms with Crippen molar-refractivity contribution in [2.24, 2.45) is 11.3 Å². The molecule has 0 aromatic heterocycles. The molecule has 3 atom stereocenters. The molecule has 1 rings (SSSR count). The molecule has 0 radical (unpaired) electrons. The van der Waals surface area contributed by atoms with Gasteiger partial charge in [0.1, 0.15) is 6.10 Å². The molecule has 0 aliphatic heterocycles. The lowest BCUT2D eigenvalue weighted by molar-refractivity contribution is -0.0630. The quantitative estimate of drug-likeness (QED) is 0.750. The minimum Gasteiger partial charge on any atom is -0.394 e. The van der Waals surface area contributed by atoms with Crippen molar-refractivity contribution < 1.29 is 14.9 Å². The number of aliphatic hydroxyl groups excluding tert-OH is 2. The summed E-state index contributed by atoms with van der Waals surface area (Å²) in [6.45, 7) is 6.91. The fourth-order valence-electron chi connectivity index (χ4n) is 2.06. The summed E-state index contributed by atoms with van der Waals surface area (Å²) in [5, 5.41) is 17.9. The van der Waals surface area contributed by atoms with Gasteiger partial charge < -0.3 is 14.9 Å². The van der Waals surface area contributed by atoms with Crippen molar-refractivity contribution in [2.75, 3.05) is 13.2 Å². The van der Waals surface area contributed by atoms with Crippen molar-refractivity contribution in [3.8, 4) is 0 Å². The monoisotopic (exact) mass is 216 g/mol. The Bertz CT molecular complexity index is 191.